The van der Waals surface area contributed by atoms with Gasteiger partial charge in [0, 0.05) is 35.4 Å². The molecule has 1 aromatic carbocycles. The van der Waals surface area contributed by atoms with Gasteiger partial charge in [-0.25, -0.2) is 9.67 Å². The van der Waals surface area contributed by atoms with Crippen LogP contribution < -0.4 is 5.32 Å². The molecule has 0 aliphatic carbocycles. The van der Waals surface area contributed by atoms with E-state index >= 15 is 0 Å². The Morgan fingerprint density at radius 2 is 1.72 bits per heavy atom. The van der Waals surface area contributed by atoms with Crippen LogP contribution in [0.15, 0.2) is 79.4 Å². The number of anilines is 1. The van der Waals surface area contributed by atoms with Crippen LogP contribution in [0, 0.1) is 0 Å². The van der Waals surface area contributed by atoms with Crippen LogP contribution in [0.5, 0.6) is 0 Å². The largest absolute Gasteiger partial charge is 0.433 e. The van der Waals surface area contributed by atoms with E-state index in [1.807, 2.05) is 53.2 Å². The fourth-order valence-electron chi connectivity index (χ4n) is 3.33. The Hall–Kier alpha value is -4.21. The van der Waals surface area contributed by atoms with E-state index in [2.05, 4.69) is 25.6 Å². The molecule has 0 saturated heterocycles. The predicted molar refractivity (Wildman–Crippen MR) is 113 cm³/mol. The van der Waals surface area contributed by atoms with Crippen molar-refractivity contribution in [2.45, 2.75) is 12.7 Å². The highest BCUT2D eigenvalue weighted by atomic mass is 19.4. The quantitative estimate of drug-likeness (QED) is 0.436. The number of aromatic nitrogens is 6. The summed E-state index contributed by atoms with van der Waals surface area (Å²) < 4.78 is 42.0. The summed E-state index contributed by atoms with van der Waals surface area (Å²) in [5.74, 6) is 0. The Bertz CT molecular complexity index is 1370. The number of benzene rings is 1. The maximum absolute atomic E-state index is 12.8. The van der Waals surface area contributed by atoms with Gasteiger partial charge in [0.05, 0.1) is 18.4 Å². The summed E-state index contributed by atoms with van der Waals surface area (Å²) in [6, 6.07) is 16.1. The van der Waals surface area contributed by atoms with E-state index in [9.17, 15) is 13.2 Å². The third-order valence-corrected chi connectivity index (χ3v) is 4.91. The Balaban J connectivity index is 1.30. The van der Waals surface area contributed by atoms with Crippen molar-refractivity contribution in [3.63, 3.8) is 0 Å². The van der Waals surface area contributed by atoms with Crippen LogP contribution in [0.25, 0.3) is 22.4 Å². The number of nitrogens with one attached hydrogen (secondary N) is 1. The number of halogens is 3. The molecule has 0 radical (unpaired) electrons. The van der Waals surface area contributed by atoms with Crippen molar-refractivity contribution in [1.82, 2.24) is 29.5 Å². The Labute approximate surface area is 180 Å². The van der Waals surface area contributed by atoms with Crippen LogP contribution in [-0.4, -0.2) is 29.5 Å². The van der Waals surface area contributed by atoms with E-state index < -0.39 is 11.9 Å². The second-order valence-corrected chi connectivity index (χ2v) is 7.05. The molecule has 4 heterocycles. The van der Waals surface area contributed by atoms with Gasteiger partial charge in [0.2, 0.25) is 0 Å². The van der Waals surface area contributed by atoms with Crippen LogP contribution in [0.4, 0.5) is 18.9 Å². The standard InChI is InChI=1S/C22H16F3N7/c23-22(24,25)20-12-16(7-10-26-20)28-13-17-14-32(30-29-17)19-5-3-18(4-6-19)31-11-8-15-2-1-9-27-21(15)31/h1-12,14H,13H2,(H,26,28). The lowest BCUT2D eigenvalue weighted by atomic mass is 10.2. The minimum atomic E-state index is -4.49. The molecular weight excluding hydrogens is 419 g/mol. The van der Waals surface area contributed by atoms with Crippen molar-refractivity contribution in [3.05, 3.63) is 90.8 Å². The van der Waals surface area contributed by atoms with Crippen LogP contribution in [-0.2, 0) is 12.7 Å². The number of nitrogens with zero attached hydrogens (tertiary/aromatic N) is 6. The molecule has 0 fully saturated rings. The lowest BCUT2D eigenvalue weighted by Crippen LogP contribution is -2.09. The molecule has 0 spiro atoms. The maximum Gasteiger partial charge on any atom is 0.433 e. The number of hydrogen-bond donors (Lipinski definition) is 1. The zero-order valence-corrected chi connectivity index (χ0v) is 16.5. The van der Waals surface area contributed by atoms with Gasteiger partial charge < -0.3 is 9.88 Å². The van der Waals surface area contributed by atoms with Gasteiger partial charge in [0.1, 0.15) is 17.0 Å². The SMILES string of the molecule is FC(F)(F)c1cc(NCc2cn(-c3ccc(-n4ccc5cccnc54)cc3)nn2)ccn1. The van der Waals surface area contributed by atoms with E-state index in [0.717, 1.165) is 34.7 Å². The first kappa shape index (κ1) is 19.7. The Morgan fingerprint density at radius 3 is 2.53 bits per heavy atom. The molecule has 10 heteroatoms. The first-order valence-electron chi connectivity index (χ1n) is 9.69. The second-order valence-electron chi connectivity index (χ2n) is 7.05. The van der Waals surface area contributed by atoms with Gasteiger partial charge in [-0.1, -0.05) is 5.21 Å². The van der Waals surface area contributed by atoms with Crippen molar-refractivity contribution >= 4 is 16.7 Å². The predicted octanol–water partition coefficient (Wildman–Crippen LogP) is 4.63. The molecule has 0 saturated carbocycles. The fourth-order valence-corrected chi connectivity index (χ4v) is 3.33. The number of alkyl halides is 3. The zero-order valence-electron chi connectivity index (χ0n) is 16.5. The smallest absolute Gasteiger partial charge is 0.379 e. The van der Waals surface area contributed by atoms with Crippen molar-refractivity contribution in [3.8, 4) is 11.4 Å². The lowest BCUT2D eigenvalue weighted by Gasteiger charge is -2.08. The highest BCUT2D eigenvalue weighted by Gasteiger charge is 2.32. The van der Waals surface area contributed by atoms with Crippen molar-refractivity contribution in [1.29, 1.82) is 0 Å². The van der Waals surface area contributed by atoms with Crippen LogP contribution >= 0.6 is 0 Å². The third kappa shape index (κ3) is 3.89. The first-order valence-corrected chi connectivity index (χ1v) is 9.69. The van der Waals surface area contributed by atoms with Crippen LogP contribution in [0.3, 0.4) is 0 Å². The summed E-state index contributed by atoms with van der Waals surface area (Å²) in [5.41, 5.74) is 2.58. The molecule has 160 valence electrons. The summed E-state index contributed by atoms with van der Waals surface area (Å²) in [6.45, 7) is 0.223. The topological polar surface area (TPSA) is 73.5 Å². The number of rotatable bonds is 5. The van der Waals surface area contributed by atoms with Gasteiger partial charge in [-0.15, -0.1) is 5.10 Å². The molecule has 0 aliphatic rings. The van der Waals surface area contributed by atoms with E-state index in [0.29, 0.717) is 11.4 Å². The second kappa shape index (κ2) is 7.80. The molecule has 5 rings (SSSR count). The first-order chi connectivity index (χ1) is 15.5. The highest BCUT2D eigenvalue weighted by Crippen LogP contribution is 2.29. The molecule has 0 atom stereocenters. The van der Waals surface area contributed by atoms with E-state index in [-0.39, 0.29) is 6.54 Å². The number of hydrogen-bond acceptors (Lipinski definition) is 5. The molecular formula is C22H16F3N7. The maximum atomic E-state index is 12.8. The fraction of sp³-hybridized carbons (Fsp3) is 0.0909. The molecule has 4 aromatic heterocycles. The minimum Gasteiger partial charge on any atom is -0.379 e. The average Bonchev–Trinajstić information content (AvgIpc) is 3.45. The molecule has 0 aliphatic heterocycles. The van der Waals surface area contributed by atoms with E-state index in [1.165, 1.54) is 6.07 Å². The summed E-state index contributed by atoms with van der Waals surface area (Å²) in [7, 11) is 0. The van der Waals surface area contributed by atoms with Crippen LogP contribution in [0.2, 0.25) is 0 Å². The van der Waals surface area contributed by atoms with E-state index in [1.54, 1.807) is 17.1 Å². The van der Waals surface area contributed by atoms with Gasteiger partial charge in [-0.3, -0.25) is 4.98 Å². The molecule has 7 nitrogen and oxygen atoms in total. The van der Waals surface area contributed by atoms with E-state index in [4.69, 9.17) is 0 Å². The molecule has 5 aromatic rings. The summed E-state index contributed by atoms with van der Waals surface area (Å²) >= 11 is 0. The Kier molecular flexibility index (Phi) is 4.81. The Morgan fingerprint density at radius 1 is 0.906 bits per heavy atom. The van der Waals surface area contributed by atoms with Crippen molar-refractivity contribution in [2.24, 2.45) is 0 Å². The summed E-state index contributed by atoms with van der Waals surface area (Å²) in [6.07, 6.45) is 2.08. The molecule has 32 heavy (non-hydrogen) atoms. The summed E-state index contributed by atoms with van der Waals surface area (Å²) in [5, 5.41) is 12.2. The lowest BCUT2D eigenvalue weighted by molar-refractivity contribution is -0.141. The average molecular weight is 435 g/mol. The van der Waals surface area contributed by atoms with Gasteiger partial charge in [0.15, 0.2) is 0 Å². The van der Waals surface area contributed by atoms with Crippen molar-refractivity contribution in [2.75, 3.05) is 5.32 Å². The number of fused-ring (bicyclic) bond motifs is 1. The normalized spacial score (nSPS) is 11.7. The minimum absolute atomic E-state index is 0.223. The molecule has 1 N–H and O–H groups in total. The molecule has 0 unspecified atom stereocenters. The number of pyridine rings is 2. The van der Waals surface area contributed by atoms with Gasteiger partial charge in [-0.05, 0) is 54.6 Å². The zero-order chi connectivity index (χ0) is 22.1. The van der Waals surface area contributed by atoms with Gasteiger partial charge >= 0.3 is 6.18 Å². The highest BCUT2D eigenvalue weighted by molar-refractivity contribution is 5.77. The monoisotopic (exact) mass is 435 g/mol. The third-order valence-electron chi connectivity index (χ3n) is 4.91. The summed E-state index contributed by atoms with van der Waals surface area (Å²) in [4.78, 5) is 7.78. The van der Waals surface area contributed by atoms with Gasteiger partial charge in [-0.2, -0.15) is 13.2 Å². The molecule has 0 amide bonds. The van der Waals surface area contributed by atoms with Crippen LogP contribution in [0.1, 0.15) is 11.4 Å². The molecule has 0 bridgehead atoms. The van der Waals surface area contributed by atoms with Crippen molar-refractivity contribution < 1.29 is 13.2 Å². The van der Waals surface area contributed by atoms with Gasteiger partial charge in [0.25, 0.3) is 0 Å².